The van der Waals surface area contributed by atoms with Crippen molar-refractivity contribution >= 4 is 21.7 Å². The van der Waals surface area contributed by atoms with Crippen LogP contribution in [0.4, 0.5) is 27.9 Å². The maximum Gasteiger partial charge on any atom is 0.419 e. The summed E-state index contributed by atoms with van der Waals surface area (Å²) in [6, 6.07) is 2.07. The highest BCUT2D eigenvalue weighted by Gasteiger charge is 2.39. The average Bonchev–Trinajstić information content (AvgIpc) is 2.78. The first-order valence-corrected chi connectivity index (χ1v) is 12.4. The van der Waals surface area contributed by atoms with Crippen molar-refractivity contribution in [1.29, 1.82) is 0 Å². The Kier molecular flexibility index (Phi) is 6.49. The van der Waals surface area contributed by atoms with Crippen LogP contribution in [0.2, 0.25) is 0 Å². The number of halogens is 5. The molecule has 2 fully saturated rings. The van der Waals surface area contributed by atoms with Crippen molar-refractivity contribution in [3.63, 3.8) is 0 Å². The van der Waals surface area contributed by atoms with Crippen molar-refractivity contribution < 1.29 is 35.2 Å². The molecular weight excluding hydrogens is 483 g/mol. The van der Waals surface area contributed by atoms with Gasteiger partial charge in [-0.05, 0) is 18.9 Å². The van der Waals surface area contributed by atoms with Crippen LogP contribution in [0, 0.1) is 17.6 Å². The van der Waals surface area contributed by atoms with Crippen molar-refractivity contribution in [2.75, 3.05) is 36.0 Å². The van der Waals surface area contributed by atoms with Crippen LogP contribution in [0.25, 0.3) is 0 Å². The minimum atomic E-state index is -4.60. The van der Waals surface area contributed by atoms with Crippen LogP contribution in [0.5, 0.6) is 0 Å². The van der Waals surface area contributed by atoms with E-state index >= 15 is 0 Å². The van der Waals surface area contributed by atoms with Gasteiger partial charge >= 0.3 is 6.18 Å². The highest BCUT2D eigenvalue weighted by molar-refractivity contribution is 7.91. The first-order chi connectivity index (χ1) is 15.9. The highest BCUT2D eigenvalue weighted by Crippen LogP contribution is 2.33. The monoisotopic (exact) mass is 504 g/mol. The number of carbonyl (C=O) groups is 1. The van der Waals surface area contributed by atoms with E-state index in [9.17, 15) is 35.2 Å². The molecule has 3 heterocycles. The van der Waals surface area contributed by atoms with Crippen LogP contribution in [0.1, 0.15) is 30.0 Å². The van der Waals surface area contributed by atoms with Crippen molar-refractivity contribution in [3.05, 3.63) is 53.4 Å². The third-order valence-electron chi connectivity index (χ3n) is 6.14. The summed E-state index contributed by atoms with van der Waals surface area (Å²) < 4.78 is 90.2. The number of nitrogens with zero attached hydrogens (tertiary/aromatic N) is 4. The average molecular weight is 504 g/mol. The molecule has 7 nitrogen and oxygen atoms in total. The van der Waals surface area contributed by atoms with Gasteiger partial charge < -0.3 is 9.80 Å². The van der Waals surface area contributed by atoms with Gasteiger partial charge in [0.1, 0.15) is 21.5 Å². The van der Waals surface area contributed by atoms with E-state index in [1.165, 1.54) is 15.9 Å². The smallest absolute Gasteiger partial charge is 0.337 e. The van der Waals surface area contributed by atoms with E-state index < -0.39 is 45.2 Å². The zero-order chi connectivity index (χ0) is 24.7. The predicted molar refractivity (Wildman–Crippen MR) is 111 cm³/mol. The molecule has 0 saturated carbocycles. The van der Waals surface area contributed by atoms with E-state index in [1.54, 1.807) is 0 Å². The lowest BCUT2D eigenvalue weighted by Crippen LogP contribution is -2.53. The molecule has 0 spiro atoms. The molecule has 2 aliphatic rings. The van der Waals surface area contributed by atoms with Gasteiger partial charge in [-0.1, -0.05) is 6.07 Å². The van der Waals surface area contributed by atoms with Gasteiger partial charge in [0.2, 0.25) is 11.9 Å². The summed E-state index contributed by atoms with van der Waals surface area (Å²) in [5.74, 6) is -2.80. The van der Waals surface area contributed by atoms with Crippen molar-refractivity contribution in [2.24, 2.45) is 5.92 Å². The van der Waals surface area contributed by atoms with E-state index in [0.717, 1.165) is 6.07 Å². The fraction of sp³-hybridized carbons (Fsp3) is 0.476. The van der Waals surface area contributed by atoms with E-state index in [4.69, 9.17) is 0 Å². The second-order valence-electron chi connectivity index (χ2n) is 8.35. The van der Waals surface area contributed by atoms with Crippen LogP contribution in [-0.4, -0.2) is 60.3 Å². The minimum absolute atomic E-state index is 0.0172. The standard InChI is InChI=1S/C21H21F5N4O3S/c22-15-1-2-16(17(23)9-15)18-12-29(20-27-10-14(11-28-20)21(24,25)26)5-6-30(18)19(31)13-3-7-34(32,33)8-4-13/h1-2,9-11,13,18H,3-8,12H2/t18-/m0/s1. The molecule has 2 saturated heterocycles. The van der Waals surface area contributed by atoms with Crippen LogP contribution in [0.15, 0.2) is 30.6 Å². The van der Waals surface area contributed by atoms with Crippen LogP contribution in [-0.2, 0) is 20.8 Å². The van der Waals surface area contributed by atoms with Gasteiger partial charge in [-0.3, -0.25) is 4.79 Å². The number of rotatable bonds is 3. The molecule has 184 valence electrons. The molecule has 0 bridgehead atoms. The third-order valence-corrected chi connectivity index (χ3v) is 7.85. The van der Waals surface area contributed by atoms with Crippen molar-refractivity contribution in [3.8, 4) is 0 Å². The fourth-order valence-electron chi connectivity index (χ4n) is 4.27. The number of benzene rings is 1. The van der Waals surface area contributed by atoms with Crippen LogP contribution in [0.3, 0.4) is 0 Å². The Bertz CT molecular complexity index is 1160. The van der Waals surface area contributed by atoms with Gasteiger partial charge in [-0.15, -0.1) is 0 Å². The Morgan fingerprint density at radius 1 is 1.03 bits per heavy atom. The van der Waals surface area contributed by atoms with Gasteiger partial charge in [0.15, 0.2) is 0 Å². The molecule has 34 heavy (non-hydrogen) atoms. The first kappa shape index (κ1) is 24.3. The SMILES string of the molecule is O=C(C1CCS(=O)(=O)CC1)N1CCN(c2ncc(C(F)(F)F)cn2)C[C@H]1c1ccc(F)cc1F. The number of aromatic nitrogens is 2. The zero-order valence-corrected chi connectivity index (χ0v) is 18.6. The molecule has 4 rings (SSSR count). The van der Waals surface area contributed by atoms with E-state index in [2.05, 4.69) is 9.97 Å². The van der Waals surface area contributed by atoms with E-state index in [0.29, 0.717) is 18.5 Å². The topological polar surface area (TPSA) is 83.5 Å². The third kappa shape index (κ3) is 5.13. The summed E-state index contributed by atoms with van der Waals surface area (Å²) in [6.07, 6.45) is -2.99. The van der Waals surface area contributed by atoms with Gasteiger partial charge in [0, 0.05) is 49.6 Å². The van der Waals surface area contributed by atoms with Gasteiger partial charge in [0.05, 0.1) is 23.1 Å². The number of hydrogen-bond donors (Lipinski definition) is 0. The van der Waals surface area contributed by atoms with Crippen LogP contribution >= 0.6 is 0 Å². The number of amides is 1. The minimum Gasteiger partial charge on any atom is -0.337 e. The van der Waals surface area contributed by atoms with Gasteiger partial charge in [-0.25, -0.2) is 27.2 Å². The molecule has 0 unspecified atom stereocenters. The lowest BCUT2D eigenvalue weighted by Gasteiger charge is -2.43. The number of alkyl halides is 3. The van der Waals surface area contributed by atoms with Gasteiger partial charge in [-0.2, -0.15) is 13.2 Å². The molecule has 0 N–H and O–H groups in total. The number of anilines is 1. The summed E-state index contributed by atoms with van der Waals surface area (Å²) in [5.41, 5.74) is -0.978. The lowest BCUT2D eigenvalue weighted by molar-refractivity contribution is -0.139. The fourth-order valence-corrected chi connectivity index (χ4v) is 5.76. The normalized spacial score (nSPS) is 21.5. The highest BCUT2D eigenvalue weighted by atomic mass is 32.2. The molecular formula is C21H21F5N4O3S. The maximum absolute atomic E-state index is 14.7. The predicted octanol–water partition coefficient (Wildman–Crippen LogP) is 2.99. The number of carbonyl (C=O) groups excluding carboxylic acids is 1. The number of hydrogen-bond acceptors (Lipinski definition) is 6. The summed E-state index contributed by atoms with van der Waals surface area (Å²) >= 11 is 0. The van der Waals surface area contributed by atoms with E-state index in [1.807, 2.05) is 0 Å². The molecule has 13 heteroatoms. The van der Waals surface area contributed by atoms with Crippen molar-refractivity contribution in [1.82, 2.24) is 14.9 Å². The Morgan fingerprint density at radius 3 is 2.26 bits per heavy atom. The second-order valence-corrected chi connectivity index (χ2v) is 10.7. The molecule has 1 aromatic carbocycles. The Balaban J connectivity index is 1.61. The molecule has 0 aliphatic carbocycles. The summed E-state index contributed by atoms with van der Waals surface area (Å²) in [7, 11) is -3.19. The molecule has 1 amide bonds. The molecule has 1 atom stereocenters. The maximum atomic E-state index is 14.7. The molecule has 2 aromatic rings. The molecule has 1 aromatic heterocycles. The molecule has 0 radical (unpaired) electrons. The quantitative estimate of drug-likeness (QED) is 0.598. The molecule has 2 aliphatic heterocycles. The number of sulfone groups is 1. The largest absolute Gasteiger partial charge is 0.419 e. The van der Waals surface area contributed by atoms with E-state index in [-0.39, 0.29) is 61.4 Å². The van der Waals surface area contributed by atoms with Crippen LogP contribution < -0.4 is 4.90 Å². The Labute approximate surface area is 192 Å². The first-order valence-electron chi connectivity index (χ1n) is 10.5. The van der Waals surface area contributed by atoms with Gasteiger partial charge in [0.25, 0.3) is 0 Å². The Morgan fingerprint density at radius 2 is 1.68 bits per heavy atom. The zero-order valence-electron chi connectivity index (χ0n) is 17.8. The summed E-state index contributed by atoms with van der Waals surface area (Å²) in [4.78, 5) is 23.8. The Hall–Kier alpha value is -2.83. The summed E-state index contributed by atoms with van der Waals surface area (Å²) in [5, 5.41) is 0. The second kappa shape index (κ2) is 9.08. The van der Waals surface area contributed by atoms with Crippen molar-refractivity contribution in [2.45, 2.75) is 25.1 Å². The lowest BCUT2D eigenvalue weighted by atomic mass is 9.96. The summed E-state index contributed by atoms with van der Waals surface area (Å²) in [6.45, 7) is 0.208. The number of piperazine rings is 1.